The van der Waals surface area contributed by atoms with Crippen LogP contribution in [0.3, 0.4) is 0 Å². The van der Waals surface area contributed by atoms with Crippen LogP contribution in [0.1, 0.15) is 19.3 Å². The molecule has 1 unspecified atom stereocenters. The third-order valence-corrected chi connectivity index (χ3v) is 2.34. The molecule has 2 aliphatic carbocycles. The molecule has 1 atom stereocenters. The van der Waals surface area contributed by atoms with Crippen LogP contribution in [-0.4, -0.2) is 5.11 Å². The van der Waals surface area contributed by atoms with E-state index in [9.17, 15) is 5.11 Å². The van der Waals surface area contributed by atoms with Gasteiger partial charge in [0.15, 0.2) is 0 Å². The van der Waals surface area contributed by atoms with Crippen LogP contribution in [0.2, 0.25) is 0 Å². The van der Waals surface area contributed by atoms with Gasteiger partial charge in [-0.15, -0.1) is 0 Å². The summed E-state index contributed by atoms with van der Waals surface area (Å²) in [7, 11) is 0. The first-order valence-corrected chi connectivity index (χ1v) is 3.80. The Morgan fingerprint density at radius 1 is 1.50 bits per heavy atom. The smallest absolute Gasteiger partial charge is 0.119 e. The average Bonchev–Trinajstić information content (AvgIpc) is 2.34. The van der Waals surface area contributed by atoms with Gasteiger partial charge in [-0.3, -0.25) is 0 Å². The molecule has 53 valence electrons. The van der Waals surface area contributed by atoms with Gasteiger partial charge in [0, 0.05) is 0 Å². The zero-order valence-electron chi connectivity index (χ0n) is 5.88. The third kappa shape index (κ3) is 0.816. The molecule has 0 heterocycles. The summed E-state index contributed by atoms with van der Waals surface area (Å²) >= 11 is 0. The van der Waals surface area contributed by atoms with E-state index in [0.717, 1.165) is 19.3 Å². The summed E-state index contributed by atoms with van der Waals surface area (Å²) in [5, 5.41) is 9.34. The van der Waals surface area contributed by atoms with E-state index in [4.69, 9.17) is 0 Å². The summed E-state index contributed by atoms with van der Waals surface area (Å²) in [5.41, 5.74) is 1.18. The normalized spacial score (nSPS) is 32.1. The highest BCUT2D eigenvalue weighted by Gasteiger charge is 2.29. The Labute approximate surface area is 61.1 Å². The Kier molecular flexibility index (Phi) is 1.38. The minimum atomic E-state index is 0.620. The maximum Gasteiger partial charge on any atom is 0.119 e. The van der Waals surface area contributed by atoms with Gasteiger partial charge in [0.25, 0.3) is 0 Å². The summed E-state index contributed by atoms with van der Waals surface area (Å²) in [6.45, 7) is 0. The molecule has 1 saturated carbocycles. The molecule has 0 aromatic rings. The van der Waals surface area contributed by atoms with Crippen molar-refractivity contribution in [3.63, 3.8) is 0 Å². The van der Waals surface area contributed by atoms with Crippen LogP contribution < -0.4 is 0 Å². The molecule has 0 aromatic heterocycles. The maximum absolute atomic E-state index is 9.34. The standard InChI is InChI=1S/C9H11O/c10-9-6-5-7-3-1-2-4-8(7)9/h1-2,4,7,10H,3,5-6H2. The zero-order valence-corrected chi connectivity index (χ0v) is 5.88. The van der Waals surface area contributed by atoms with Crippen LogP contribution in [0.5, 0.6) is 0 Å². The molecular formula is C9H11O. The van der Waals surface area contributed by atoms with Gasteiger partial charge in [0.2, 0.25) is 0 Å². The van der Waals surface area contributed by atoms with Crippen LogP contribution in [0.15, 0.2) is 23.8 Å². The Morgan fingerprint density at radius 2 is 2.40 bits per heavy atom. The van der Waals surface area contributed by atoms with Crippen molar-refractivity contribution in [1.82, 2.24) is 0 Å². The number of aliphatic hydroxyl groups is 1. The lowest BCUT2D eigenvalue weighted by atomic mass is 9.94. The maximum atomic E-state index is 9.34. The van der Waals surface area contributed by atoms with Gasteiger partial charge < -0.3 is 5.11 Å². The van der Waals surface area contributed by atoms with Crippen molar-refractivity contribution < 1.29 is 5.11 Å². The molecule has 2 rings (SSSR count). The Bertz CT molecular complexity index is 191. The van der Waals surface area contributed by atoms with Gasteiger partial charge in [-0.2, -0.15) is 0 Å². The second kappa shape index (κ2) is 2.24. The van der Waals surface area contributed by atoms with Crippen LogP contribution in [0.25, 0.3) is 0 Å². The monoisotopic (exact) mass is 135 g/mol. The molecule has 1 nitrogen and oxygen atoms in total. The Balaban J connectivity index is 2.25. The predicted octanol–water partition coefficient (Wildman–Crippen LogP) is 2.19. The molecule has 1 heteroatoms. The molecule has 0 aromatic carbocycles. The molecule has 1 radical (unpaired) electrons. The fraction of sp³-hybridized carbons (Fsp3) is 0.444. The number of rotatable bonds is 0. The average molecular weight is 135 g/mol. The van der Waals surface area contributed by atoms with E-state index in [1.54, 1.807) is 0 Å². The van der Waals surface area contributed by atoms with Crippen molar-refractivity contribution in [3.05, 3.63) is 29.9 Å². The molecule has 0 aliphatic heterocycles. The highest BCUT2D eigenvalue weighted by atomic mass is 16.3. The van der Waals surface area contributed by atoms with E-state index in [1.165, 1.54) is 5.57 Å². The van der Waals surface area contributed by atoms with Crippen LogP contribution in [0, 0.1) is 12.0 Å². The molecule has 0 amide bonds. The van der Waals surface area contributed by atoms with Crippen molar-refractivity contribution >= 4 is 0 Å². The third-order valence-electron chi connectivity index (χ3n) is 2.34. The van der Waals surface area contributed by atoms with Gasteiger partial charge >= 0.3 is 0 Å². The number of hydrogen-bond acceptors (Lipinski definition) is 1. The minimum Gasteiger partial charge on any atom is -0.382 e. The van der Waals surface area contributed by atoms with Crippen molar-refractivity contribution in [3.8, 4) is 0 Å². The highest BCUT2D eigenvalue weighted by Crippen LogP contribution is 2.39. The fourth-order valence-electron chi connectivity index (χ4n) is 1.74. The van der Waals surface area contributed by atoms with E-state index in [0.29, 0.717) is 12.0 Å². The van der Waals surface area contributed by atoms with Crippen molar-refractivity contribution in [2.45, 2.75) is 19.3 Å². The van der Waals surface area contributed by atoms with Crippen LogP contribution in [0.4, 0.5) is 0 Å². The van der Waals surface area contributed by atoms with Gasteiger partial charge in [0.1, 0.15) is 6.10 Å². The van der Waals surface area contributed by atoms with Crippen LogP contribution >= 0.6 is 0 Å². The molecule has 0 bridgehead atoms. The van der Waals surface area contributed by atoms with E-state index < -0.39 is 0 Å². The van der Waals surface area contributed by atoms with Gasteiger partial charge in [-0.1, -0.05) is 18.2 Å². The SMILES string of the molecule is O[C]1CCC2CC=CC=C12. The van der Waals surface area contributed by atoms with E-state index >= 15 is 0 Å². The second-order valence-electron chi connectivity index (χ2n) is 2.97. The summed E-state index contributed by atoms with van der Waals surface area (Å²) in [6.07, 6.45) is 10.0. The number of hydrogen-bond donors (Lipinski definition) is 1. The Hall–Kier alpha value is -0.560. The first-order chi connectivity index (χ1) is 4.88. The molecule has 10 heavy (non-hydrogen) atoms. The molecule has 1 fully saturated rings. The lowest BCUT2D eigenvalue weighted by Crippen LogP contribution is -2.01. The topological polar surface area (TPSA) is 20.2 Å². The van der Waals surface area contributed by atoms with Gasteiger partial charge in [0.05, 0.1) is 0 Å². The molecule has 2 aliphatic rings. The number of fused-ring (bicyclic) bond motifs is 1. The first kappa shape index (κ1) is 6.17. The lowest BCUT2D eigenvalue weighted by Gasteiger charge is -2.12. The quantitative estimate of drug-likeness (QED) is 0.539. The fourth-order valence-corrected chi connectivity index (χ4v) is 1.74. The molecule has 0 spiro atoms. The molecular weight excluding hydrogens is 124 g/mol. The molecule has 1 N–H and O–H groups in total. The molecule has 0 saturated heterocycles. The zero-order chi connectivity index (χ0) is 6.97. The summed E-state index contributed by atoms with van der Waals surface area (Å²) in [5.74, 6) is 0.630. The number of aliphatic hydroxyl groups excluding tert-OH is 1. The number of allylic oxidation sites excluding steroid dienone is 3. The largest absolute Gasteiger partial charge is 0.382 e. The lowest BCUT2D eigenvalue weighted by molar-refractivity contribution is 0.324. The Morgan fingerprint density at radius 3 is 3.20 bits per heavy atom. The van der Waals surface area contributed by atoms with Gasteiger partial charge in [-0.05, 0) is 30.8 Å². The van der Waals surface area contributed by atoms with Gasteiger partial charge in [-0.25, -0.2) is 0 Å². The predicted molar refractivity (Wildman–Crippen MR) is 39.7 cm³/mol. The first-order valence-electron chi connectivity index (χ1n) is 3.80. The summed E-state index contributed by atoms with van der Waals surface area (Å²) in [4.78, 5) is 0. The van der Waals surface area contributed by atoms with Crippen molar-refractivity contribution in [1.29, 1.82) is 0 Å². The van der Waals surface area contributed by atoms with Crippen LogP contribution in [-0.2, 0) is 0 Å². The second-order valence-corrected chi connectivity index (χ2v) is 2.97. The van der Waals surface area contributed by atoms with E-state index in [1.807, 2.05) is 12.2 Å². The van der Waals surface area contributed by atoms with E-state index in [-0.39, 0.29) is 0 Å². The van der Waals surface area contributed by atoms with E-state index in [2.05, 4.69) is 6.08 Å². The highest BCUT2D eigenvalue weighted by molar-refractivity contribution is 5.33. The van der Waals surface area contributed by atoms with Crippen molar-refractivity contribution in [2.24, 2.45) is 5.92 Å². The summed E-state index contributed by atoms with van der Waals surface area (Å²) < 4.78 is 0. The van der Waals surface area contributed by atoms with Crippen molar-refractivity contribution in [2.75, 3.05) is 0 Å². The minimum absolute atomic E-state index is 0.620. The summed E-state index contributed by atoms with van der Waals surface area (Å²) in [6, 6.07) is 0.